The molecule has 33 heavy (non-hydrogen) atoms. The zero-order valence-electron chi connectivity index (χ0n) is 19.1. The molecule has 0 saturated heterocycles. The van der Waals surface area contributed by atoms with Gasteiger partial charge in [-0.2, -0.15) is 5.01 Å². The highest BCUT2D eigenvalue weighted by Crippen LogP contribution is 2.49. The van der Waals surface area contributed by atoms with Crippen molar-refractivity contribution >= 4 is 5.70 Å². The minimum absolute atomic E-state index is 0.0214. The summed E-state index contributed by atoms with van der Waals surface area (Å²) in [7, 11) is 1.68. The molecule has 6 heteroatoms. The summed E-state index contributed by atoms with van der Waals surface area (Å²) in [6.07, 6.45) is 1.88. The largest absolute Gasteiger partial charge is 0.497 e. The van der Waals surface area contributed by atoms with Crippen LogP contribution in [0.4, 0.5) is 0 Å². The van der Waals surface area contributed by atoms with Crippen molar-refractivity contribution in [1.82, 2.24) is 10.4 Å². The van der Waals surface area contributed by atoms with Gasteiger partial charge in [-0.1, -0.05) is 36.4 Å². The van der Waals surface area contributed by atoms with Gasteiger partial charge in [0, 0.05) is 16.7 Å². The molecule has 3 aromatic rings. The number of rotatable bonds is 7. The molecule has 2 atom stereocenters. The summed E-state index contributed by atoms with van der Waals surface area (Å²) in [5.41, 5.74) is 7.73. The molecule has 0 saturated carbocycles. The summed E-state index contributed by atoms with van der Waals surface area (Å²) in [5, 5.41) is 2.14. The summed E-state index contributed by atoms with van der Waals surface area (Å²) >= 11 is 0. The molecule has 0 aliphatic carbocycles. The molecule has 0 aromatic heterocycles. The highest BCUT2D eigenvalue weighted by Gasteiger charge is 2.41. The fourth-order valence-corrected chi connectivity index (χ4v) is 4.33. The van der Waals surface area contributed by atoms with Crippen molar-refractivity contribution in [2.45, 2.75) is 26.1 Å². The molecule has 0 fully saturated rings. The van der Waals surface area contributed by atoms with E-state index in [1.165, 1.54) is 0 Å². The maximum atomic E-state index is 6.58. The van der Waals surface area contributed by atoms with Crippen LogP contribution in [0, 0.1) is 0 Å². The Morgan fingerprint density at radius 3 is 2.45 bits per heavy atom. The number of para-hydroxylation sites is 1. The number of hydrazine groups is 1. The normalized spacial score (nSPS) is 18.9. The lowest BCUT2D eigenvalue weighted by Gasteiger charge is -2.39. The molecule has 2 aliphatic heterocycles. The standard InChI is InChI=1S/C27H28N2O4/c1-4-31-20-14-12-18(13-15-20)27-29-24(22-10-7-11-25(32-5-2)26(22)33-27)17-23(28-29)19-8-6-9-21(16-19)30-3/h6-17,24,27-28H,4-5H2,1-3H3. The molecule has 2 heterocycles. The molecule has 0 amide bonds. The van der Waals surface area contributed by atoms with Gasteiger partial charge in [-0.15, -0.1) is 0 Å². The third-order valence-corrected chi connectivity index (χ3v) is 5.84. The van der Waals surface area contributed by atoms with E-state index in [4.69, 9.17) is 18.9 Å². The number of benzene rings is 3. The maximum Gasteiger partial charge on any atom is 0.196 e. The molecular weight excluding hydrogens is 416 g/mol. The summed E-state index contributed by atoms with van der Waals surface area (Å²) in [6, 6.07) is 22.1. The van der Waals surface area contributed by atoms with Crippen LogP contribution in [0.15, 0.2) is 72.8 Å². The Balaban J connectivity index is 1.56. The van der Waals surface area contributed by atoms with Gasteiger partial charge in [-0.05, 0) is 50.3 Å². The van der Waals surface area contributed by atoms with Gasteiger partial charge in [0.1, 0.15) is 11.5 Å². The Bertz CT molecular complexity index is 1160. The number of methoxy groups -OCH3 is 1. The maximum absolute atomic E-state index is 6.58. The predicted octanol–water partition coefficient (Wildman–Crippen LogP) is 5.49. The minimum Gasteiger partial charge on any atom is -0.497 e. The van der Waals surface area contributed by atoms with Crippen molar-refractivity contribution in [3.8, 4) is 23.0 Å². The zero-order chi connectivity index (χ0) is 22.8. The Kier molecular flexibility index (Phi) is 5.84. The van der Waals surface area contributed by atoms with Crippen molar-refractivity contribution in [3.05, 3.63) is 89.5 Å². The SMILES string of the molecule is CCOc1ccc(C2Oc3c(OCC)cccc3C3C=C(c4cccc(OC)c4)NN32)cc1. The summed E-state index contributed by atoms with van der Waals surface area (Å²) < 4.78 is 23.6. The minimum atomic E-state index is -0.348. The monoisotopic (exact) mass is 444 g/mol. The first-order chi connectivity index (χ1) is 16.2. The number of hydrogen-bond acceptors (Lipinski definition) is 6. The predicted molar refractivity (Wildman–Crippen MR) is 127 cm³/mol. The molecule has 0 radical (unpaired) electrons. The number of nitrogens with one attached hydrogen (secondary N) is 1. The molecule has 6 nitrogen and oxygen atoms in total. The van der Waals surface area contributed by atoms with Crippen LogP contribution in [0.3, 0.4) is 0 Å². The van der Waals surface area contributed by atoms with E-state index in [2.05, 4.69) is 28.6 Å². The van der Waals surface area contributed by atoms with Crippen molar-refractivity contribution in [3.63, 3.8) is 0 Å². The van der Waals surface area contributed by atoms with E-state index in [0.717, 1.165) is 45.4 Å². The fraction of sp³-hybridized carbons (Fsp3) is 0.259. The lowest BCUT2D eigenvalue weighted by molar-refractivity contribution is -0.0346. The van der Waals surface area contributed by atoms with Crippen LogP contribution in [-0.2, 0) is 0 Å². The highest BCUT2D eigenvalue weighted by atomic mass is 16.5. The molecule has 3 aromatic carbocycles. The van der Waals surface area contributed by atoms with Crippen LogP contribution in [0.25, 0.3) is 5.70 Å². The number of fused-ring (bicyclic) bond motifs is 3. The smallest absolute Gasteiger partial charge is 0.196 e. The first-order valence-corrected chi connectivity index (χ1v) is 11.3. The molecule has 170 valence electrons. The molecule has 2 unspecified atom stereocenters. The number of hydrogen-bond donors (Lipinski definition) is 1. The Morgan fingerprint density at radius 1 is 0.909 bits per heavy atom. The van der Waals surface area contributed by atoms with Gasteiger partial charge < -0.3 is 24.4 Å². The summed E-state index contributed by atoms with van der Waals surface area (Å²) in [6.45, 7) is 5.17. The summed E-state index contributed by atoms with van der Waals surface area (Å²) in [4.78, 5) is 0. The van der Waals surface area contributed by atoms with Crippen molar-refractivity contribution in [2.75, 3.05) is 20.3 Å². The van der Waals surface area contributed by atoms with Crippen molar-refractivity contribution < 1.29 is 18.9 Å². The molecule has 2 aliphatic rings. The van der Waals surface area contributed by atoms with E-state index in [-0.39, 0.29) is 12.3 Å². The quantitative estimate of drug-likeness (QED) is 0.520. The average Bonchev–Trinajstić information content (AvgIpc) is 3.31. The van der Waals surface area contributed by atoms with Gasteiger partial charge >= 0.3 is 0 Å². The topological polar surface area (TPSA) is 52.2 Å². The zero-order valence-corrected chi connectivity index (χ0v) is 19.1. The van der Waals surface area contributed by atoms with Crippen LogP contribution < -0.4 is 24.4 Å². The van der Waals surface area contributed by atoms with Gasteiger partial charge in [0.2, 0.25) is 0 Å². The second-order valence-electron chi connectivity index (χ2n) is 7.86. The Morgan fingerprint density at radius 2 is 1.70 bits per heavy atom. The van der Waals surface area contributed by atoms with E-state index in [9.17, 15) is 0 Å². The van der Waals surface area contributed by atoms with Gasteiger partial charge in [0.25, 0.3) is 0 Å². The van der Waals surface area contributed by atoms with Crippen molar-refractivity contribution in [1.29, 1.82) is 0 Å². The van der Waals surface area contributed by atoms with Gasteiger partial charge in [-0.3, -0.25) is 0 Å². The van der Waals surface area contributed by atoms with E-state index in [0.29, 0.717) is 13.2 Å². The molecular formula is C27H28N2O4. The lowest BCUT2D eigenvalue weighted by atomic mass is 10.00. The second-order valence-corrected chi connectivity index (χ2v) is 7.86. The van der Waals surface area contributed by atoms with E-state index >= 15 is 0 Å². The molecule has 0 bridgehead atoms. The second kappa shape index (κ2) is 9.08. The van der Waals surface area contributed by atoms with Crippen molar-refractivity contribution in [2.24, 2.45) is 0 Å². The number of nitrogens with zero attached hydrogens (tertiary/aromatic N) is 1. The number of ether oxygens (including phenoxy) is 4. The van der Waals surface area contributed by atoms with E-state index < -0.39 is 0 Å². The highest BCUT2D eigenvalue weighted by molar-refractivity contribution is 5.69. The first-order valence-electron chi connectivity index (χ1n) is 11.3. The fourth-order valence-electron chi connectivity index (χ4n) is 4.33. The van der Waals surface area contributed by atoms with Crippen LogP contribution in [-0.4, -0.2) is 25.3 Å². The Hall–Kier alpha value is -3.64. The summed E-state index contributed by atoms with van der Waals surface area (Å²) in [5.74, 6) is 3.20. The van der Waals surface area contributed by atoms with Gasteiger partial charge in [0.05, 0.1) is 32.1 Å². The van der Waals surface area contributed by atoms with Gasteiger partial charge in [-0.25, -0.2) is 0 Å². The Labute approximate surface area is 194 Å². The van der Waals surface area contributed by atoms with E-state index in [1.807, 2.05) is 68.4 Å². The lowest BCUT2D eigenvalue weighted by Crippen LogP contribution is -2.43. The third kappa shape index (κ3) is 3.98. The molecule has 0 spiro atoms. The van der Waals surface area contributed by atoms with Gasteiger partial charge in [0.15, 0.2) is 17.7 Å². The average molecular weight is 445 g/mol. The third-order valence-electron chi connectivity index (χ3n) is 5.84. The van der Waals surface area contributed by atoms with Crippen LogP contribution in [0.1, 0.15) is 42.8 Å². The van der Waals surface area contributed by atoms with Crippen LogP contribution in [0.2, 0.25) is 0 Å². The van der Waals surface area contributed by atoms with Crippen LogP contribution >= 0.6 is 0 Å². The molecule has 1 N–H and O–H groups in total. The van der Waals surface area contributed by atoms with E-state index in [1.54, 1.807) is 7.11 Å². The molecule has 5 rings (SSSR count). The first kappa shape index (κ1) is 21.2. The van der Waals surface area contributed by atoms with Crippen LogP contribution in [0.5, 0.6) is 23.0 Å².